The number of aromatic nitrogens is 2. The molecule has 0 aliphatic heterocycles. The second-order valence-electron chi connectivity index (χ2n) is 3.00. The van der Waals surface area contributed by atoms with Crippen molar-refractivity contribution >= 4 is 21.6 Å². The number of aliphatic hydroxyl groups is 1. The van der Waals surface area contributed by atoms with E-state index in [0.29, 0.717) is 29.7 Å². The van der Waals surface area contributed by atoms with Crippen LogP contribution in [-0.4, -0.2) is 28.0 Å². The van der Waals surface area contributed by atoms with Crippen LogP contribution in [0.3, 0.4) is 0 Å². The van der Waals surface area contributed by atoms with Crippen LogP contribution in [0.4, 0.5) is 5.69 Å². The average Bonchev–Trinajstić information content (AvgIpc) is 2.25. The molecule has 0 saturated heterocycles. The number of aryl methyl sites for hydroxylation is 1. The molecule has 1 aromatic heterocycles. The van der Waals surface area contributed by atoms with Crippen LogP contribution in [0.2, 0.25) is 0 Å². The number of anilines is 1. The third kappa shape index (κ3) is 3.04. The molecular formula is C9H14BrN3O2. The summed E-state index contributed by atoms with van der Waals surface area (Å²) < 4.78 is 1.86. The number of nitrogens with one attached hydrogen (secondary N) is 1. The summed E-state index contributed by atoms with van der Waals surface area (Å²) in [5.74, 6) is 0. The fraction of sp³-hybridized carbons (Fsp3) is 0.556. The van der Waals surface area contributed by atoms with Crippen molar-refractivity contribution in [3.05, 3.63) is 21.0 Å². The van der Waals surface area contributed by atoms with E-state index in [4.69, 9.17) is 5.11 Å². The van der Waals surface area contributed by atoms with Gasteiger partial charge in [0.2, 0.25) is 0 Å². The van der Waals surface area contributed by atoms with Gasteiger partial charge in [0, 0.05) is 19.7 Å². The van der Waals surface area contributed by atoms with Gasteiger partial charge in [-0.3, -0.25) is 4.79 Å². The summed E-state index contributed by atoms with van der Waals surface area (Å²) in [5.41, 5.74) is 0.518. The summed E-state index contributed by atoms with van der Waals surface area (Å²) in [6.07, 6.45) is 2.25. The number of hydrogen-bond acceptors (Lipinski definition) is 4. The summed E-state index contributed by atoms with van der Waals surface area (Å²) in [7, 11) is 0. The van der Waals surface area contributed by atoms with E-state index in [1.54, 1.807) is 6.20 Å². The molecule has 0 aliphatic rings. The first kappa shape index (κ1) is 12.2. The molecule has 0 amide bonds. The lowest BCUT2D eigenvalue weighted by atomic mass is 10.4. The van der Waals surface area contributed by atoms with Crippen LogP contribution in [0.5, 0.6) is 0 Å². The molecule has 0 aliphatic carbocycles. The summed E-state index contributed by atoms with van der Waals surface area (Å²) in [4.78, 5) is 11.6. The van der Waals surface area contributed by atoms with Crippen molar-refractivity contribution in [1.82, 2.24) is 9.78 Å². The van der Waals surface area contributed by atoms with Crippen molar-refractivity contribution in [1.29, 1.82) is 0 Å². The van der Waals surface area contributed by atoms with Crippen molar-refractivity contribution in [2.75, 3.05) is 18.5 Å². The molecule has 0 radical (unpaired) electrons. The van der Waals surface area contributed by atoms with E-state index < -0.39 is 0 Å². The van der Waals surface area contributed by atoms with E-state index in [1.807, 2.05) is 6.92 Å². The maximum absolute atomic E-state index is 11.6. The molecule has 0 aromatic carbocycles. The first-order chi connectivity index (χ1) is 7.20. The van der Waals surface area contributed by atoms with Gasteiger partial charge >= 0.3 is 0 Å². The number of hydrogen-bond donors (Lipinski definition) is 2. The first-order valence-corrected chi connectivity index (χ1v) is 5.60. The molecule has 0 spiro atoms. The minimum Gasteiger partial charge on any atom is -0.396 e. The number of nitrogens with zero attached hydrogens (tertiary/aromatic N) is 2. The molecule has 1 aromatic rings. The molecule has 0 atom stereocenters. The van der Waals surface area contributed by atoms with E-state index >= 15 is 0 Å². The van der Waals surface area contributed by atoms with Crippen molar-refractivity contribution in [2.45, 2.75) is 19.9 Å². The predicted octanol–water partition coefficient (Wildman–Crippen LogP) is 0.820. The largest absolute Gasteiger partial charge is 0.396 e. The van der Waals surface area contributed by atoms with E-state index in [2.05, 4.69) is 26.3 Å². The van der Waals surface area contributed by atoms with Crippen LogP contribution >= 0.6 is 15.9 Å². The average molecular weight is 276 g/mol. The minimum atomic E-state index is -0.147. The maximum atomic E-state index is 11.6. The number of aliphatic hydroxyl groups excluding tert-OH is 1. The lowest BCUT2D eigenvalue weighted by Crippen LogP contribution is -2.23. The first-order valence-electron chi connectivity index (χ1n) is 4.81. The molecular weight excluding hydrogens is 262 g/mol. The summed E-state index contributed by atoms with van der Waals surface area (Å²) in [6.45, 7) is 3.16. The highest BCUT2D eigenvalue weighted by Gasteiger charge is 2.06. The lowest BCUT2D eigenvalue weighted by Gasteiger charge is -2.08. The Morgan fingerprint density at radius 1 is 1.67 bits per heavy atom. The zero-order chi connectivity index (χ0) is 11.3. The highest BCUT2D eigenvalue weighted by Crippen LogP contribution is 2.15. The molecule has 2 N–H and O–H groups in total. The van der Waals surface area contributed by atoms with Crippen LogP contribution in [0.1, 0.15) is 13.3 Å². The van der Waals surface area contributed by atoms with Gasteiger partial charge in [0.05, 0.1) is 11.9 Å². The van der Waals surface area contributed by atoms with E-state index in [1.165, 1.54) is 4.68 Å². The third-order valence-electron chi connectivity index (χ3n) is 1.93. The van der Waals surface area contributed by atoms with Gasteiger partial charge in [-0.05, 0) is 29.3 Å². The van der Waals surface area contributed by atoms with Gasteiger partial charge in [-0.15, -0.1) is 0 Å². The van der Waals surface area contributed by atoms with Crippen LogP contribution in [0, 0.1) is 0 Å². The fourth-order valence-corrected chi connectivity index (χ4v) is 1.56. The predicted molar refractivity (Wildman–Crippen MR) is 62.1 cm³/mol. The Morgan fingerprint density at radius 3 is 3.00 bits per heavy atom. The minimum absolute atomic E-state index is 0.129. The molecule has 15 heavy (non-hydrogen) atoms. The SMILES string of the molecule is CCn1ncc(NCCCO)c(Br)c1=O. The van der Waals surface area contributed by atoms with E-state index in [-0.39, 0.29) is 12.2 Å². The molecule has 1 heterocycles. The monoisotopic (exact) mass is 275 g/mol. The molecule has 84 valence electrons. The number of halogens is 1. The summed E-state index contributed by atoms with van der Waals surface area (Å²) >= 11 is 3.23. The highest BCUT2D eigenvalue weighted by molar-refractivity contribution is 9.10. The molecule has 5 nitrogen and oxygen atoms in total. The summed E-state index contributed by atoms with van der Waals surface area (Å²) in [5, 5.41) is 15.6. The Hall–Kier alpha value is -0.880. The van der Waals surface area contributed by atoms with Gasteiger partial charge in [-0.25, -0.2) is 4.68 Å². The van der Waals surface area contributed by atoms with Crippen LogP contribution in [0.15, 0.2) is 15.5 Å². The Balaban J connectivity index is 2.82. The maximum Gasteiger partial charge on any atom is 0.283 e. The summed E-state index contributed by atoms with van der Waals surface area (Å²) in [6, 6.07) is 0. The topological polar surface area (TPSA) is 67.2 Å². The van der Waals surface area contributed by atoms with Crippen LogP contribution in [0.25, 0.3) is 0 Å². The third-order valence-corrected chi connectivity index (χ3v) is 2.70. The normalized spacial score (nSPS) is 10.3. The van der Waals surface area contributed by atoms with Crippen molar-refractivity contribution in [3.8, 4) is 0 Å². The Kier molecular flexibility index (Phi) is 4.77. The second kappa shape index (κ2) is 5.87. The molecule has 0 saturated carbocycles. The van der Waals surface area contributed by atoms with Gasteiger partial charge in [0.25, 0.3) is 5.56 Å². The van der Waals surface area contributed by atoms with Gasteiger partial charge < -0.3 is 10.4 Å². The molecule has 1 rings (SSSR count). The van der Waals surface area contributed by atoms with Crippen LogP contribution in [-0.2, 0) is 6.54 Å². The number of rotatable bonds is 5. The Morgan fingerprint density at radius 2 is 2.40 bits per heavy atom. The lowest BCUT2D eigenvalue weighted by molar-refractivity contribution is 0.292. The highest BCUT2D eigenvalue weighted by atomic mass is 79.9. The molecule has 6 heteroatoms. The second-order valence-corrected chi connectivity index (χ2v) is 3.79. The van der Waals surface area contributed by atoms with Crippen LogP contribution < -0.4 is 10.9 Å². The molecule has 0 unspecified atom stereocenters. The van der Waals surface area contributed by atoms with Crippen molar-refractivity contribution in [2.24, 2.45) is 0 Å². The zero-order valence-electron chi connectivity index (χ0n) is 8.53. The quantitative estimate of drug-likeness (QED) is 0.781. The van der Waals surface area contributed by atoms with E-state index in [9.17, 15) is 4.79 Å². The van der Waals surface area contributed by atoms with Gasteiger partial charge in [0.15, 0.2) is 0 Å². The van der Waals surface area contributed by atoms with Gasteiger partial charge in [0.1, 0.15) is 4.47 Å². The Labute approximate surface area is 96.2 Å². The fourth-order valence-electron chi connectivity index (χ4n) is 1.12. The van der Waals surface area contributed by atoms with Gasteiger partial charge in [-0.2, -0.15) is 5.10 Å². The van der Waals surface area contributed by atoms with Gasteiger partial charge in [-0.1, -0.05) is 0 Å². The Bertz CT molecular complexity index is 378. The smallest absolute Gasteiger partial charge is 0.283 e. The molecule has 0 bridgehead atoms. The van der Waals surface area contributed by atoms with E-state index in [0.717, 1.165) is 0 Å². The molecule has 0 fully saturated rings. The van der Waals surface area contributed by atoms with Crippen molar-refractivity contribution in [3.63, 3.8) is 0 Å². The zero-order valence-corrected chi connectivity index (χ0v) is 10.1. The van der Waals surface area contributed by atoms with Crippen molar-refractivity contribution < 1.29 is 5.11 Å². The standard InChI is InChI=1S/C9H14BrN3O2/c1-2-13-9(15)8(10)7(6-12-13)11-4-3-5-14/h6,11,14H,2-5H2,1H3.